The molecule has 0 saturated carbocycles. The fraction of sp³-hybridized carbons (Fsp3) is 0.500. The summed E-state index contributed by atoms with van der Waals surface area (Å²) >= 11 is 0. The van der Waals surface area contributed by atoms with E-state index in [1.807, 2.05) is 6.92 Å². The van der Waals surface area contributed by atoms with Crippen molar-refractivity contribution in [3.63, 3.8) is 0 Å². The summed E-state index contributed by atoms with van der Waals surface area (Å²) in [5.41, 5.74) is 0.00907. The predicted octanol–water partition coefficient (Wildman–Crippen LogP) is 2.10. The van der Waals surface area contributed by atoms with E-state index in [1.54, 1.807) is 0 Å². The summed E-state index contributed by atoms with van der Waals surface area (Å²) in [5.74, 6) is -4.04. The Labute approximate surface area is 150 Å². The largest absolute Gasteiger partial charge is 0.481 e. The van der Waals surface area contributed by atoms with Gasteiger partial charge in [0.25, 0.3) is 0 Å². The van der Waals surface area contributed by atoms with Crippen molar-refractivity contribution in [2.45, 2.75) is 32.7 Å². The van der Waals surface area contributed by atoms with Gasteiger partial charge in [0.2, 0.25) is 11.8 Å². The Balaban J connectivity index is 2.18. The van der Waals surface area contributed by atoms with E-state index in [-0.39, 0.29) is 30.4 Å². The highest BCUT2D eigenvalue weighted by Gasteiger charge is 2.33. The third-order valence-electron chi connectivity index (χ3n) is 4.46. The number of hydrogen-bond acceptors (Lipinski definition) is 3. The Morgan fingerprint density at radius 2 is 2.00 bits per heavy atom. The van der Waals surface area contributed by atoms with E-state index in [4.69, 9.17) is 0 Å². The van der Waals surface area contributed by atoms with Gasteiger partial charge in [-0.1, -0.05) is 13.0 Å². The number of hydrogen-bond donors (Lipinski definition) is 2. The third-order valence-corrected chi connectivity index (χ3v) is 4.46. The van der Waals surface area contributed by atoms with Gasteiger partial charge in [0.15, 0.2) is 0 Å². The smallest absolute Gasteiger partial charge is 0.308 e. The number of likely N-dealkylation sites (tertiary alicyclic amines) is 1. The minimum Gasteiger partial charge on any atom is -0.481 e. The van der Waals surface area contributed by atoms with Crippen LogP contribution in [-0.2, 0) is 14.4 Å². The van der Waals surface area contributed by atoms with Crippen LogP contribution in [0.5, 0.6) is 0 Å². The van der Waals surface area contributed by atoms with Gasteiger partial charge in [0.05, 0.1) is 18.4 Å². The summed E-state index contributed by atoms with van der Waals surface area (Å²) < 4.78 is 27.2. The van der Waals surface area contributed by atoms with Crippen LogP contribution in [0.1, 0.15) is 38.3 Å². The third kappa shape index (κ3) is 5.00. The van der Waals surface area contributed by atoms with Crippen LogP contribution < -0.4 is 5.32 Å². The fourth-order valence-electron chi connectivity index (χ4n) is 3.31. The van der Waals surface area contributed by atoms with E-state index in [2.05, 4.69) is 5.32 Å². The highest BCUT2D eigenvalue weighted by atomic mass is 19.1. The van der Waals surface area contributed by atoms with Crippen molar-refractivity contribution in [3.8, 4) is 0 Å². The molecule has 0 radical (unpaired) electrons. The molecular weight excluding hydrogens is 346 g/mol. The van der Waals surface area contributed by atoms with E-state index in [1.165, 1.54) is 17.9 Å². The summed E-state index contributed by atoms with van der Waals surface area (Å²) in [6, 6.07) is 1.98. The van der Waals surface area contributed by atoms with Gasteiger partial charge in [-0.2, -0.15) is 0 Å². The van der Waals surface area contributed by atoms with Crippen molar-refractivity contribution in [1.29, 1.82) is 0 Å². The maximum absolute atomic E-state index is 14.1. The molecule has 0 aliphatic carbocycles. The zero-order valence-electron chi connectivity index (χ0n) is 14.7. The van der Waals surface area contributed by atoms with E-state index in [0.29, 0.717) is 19.0 Å². The molecule has 1 aliphatic rings. The predicted molar refractivity (Wildman–Crippen MR) is 89.0 cm³/mol. The number of aliphatic carboxylic acids is 1. The van der Waals surface area contributed by atoms with E-state index in [9.17, 15) is 28.3 Å². The molecule has 1 fully saturated rings. The quantitative estimate of drug-likeness (QED) is 0.833. The maximum Gasteiger partial charge on any atom is 0.308 e. The normalized spacial score (nSPS) is 21.2. The zero-order valence-corrected chi connectivity index (χ0v) is 14.7. The molecule has 1 aromatic carbocycles. The first-order chi connectivity index (χ1) is 12.2. The Morgan fingerprint density at radius 1 is 1.31 bits per heavy atom. The summed E-state index contributed by atoms with van der Waals surface area (Å²) in [6.45, 7) is 3.58. The minimum atomic E-state index is -0.961. The summed E-state index contributed by atoms with van der Waals surface area (Å²) in [5, 5.41) is 11.7. The van der Waals surface area contributed by atoms with Crippen LogP contribution in [0.4, 0.5) is 8.78 Å². The molecular formula is C18H22F2N2O4. The lowest BCUT2D eigenvalue weighted by molar-refractivity contribution is -0.147. The van der Waals surface area contributed by atoms with Crippen molar-refractivity contribution in [1.82, 2.24) is 10.2 Å². The Bertz CT molecular complexity index is 710. The first-order valence-corrected chi connectivity index (χ1v) is 8.40. The maximum atomic E-state index is 14.1. The number of piperidine rings is 1. The number of carbonyl (C=O) groups excluding carboxylic acids is 2. The van der Waals surface area contributed by atoms with Gasteiger partial charge in [0, 0.05) is 31.6 Å². The van der Waals surface area contributed by atoms with Crippen molar-refractivity contribution in [2.24, 2.45) is 11.8 Å². The van der Waals surface area contributed by atoms with Gasteiger partial charge in [-0.15, -0.1) is 0 Å². The molecule has 26 heavy (non-hydrogen) atoms. The Morgan fingerprint density at radius 3 is 2.58 bits per heavy atom. The van der Waals surface area contributed by atoms with Crippen LogP contribution >= 0.6 is 0 Å². The lowest BCUT2D eigenvalue weighted by Crippen LogP contribution is -2.46. The number of nitrogens with zero attached hydrogens (tertiary/aromatic N) is 1. The second kappa shape index (κ2) is 8.25. The number of carbonyl (C=O) groups is 3. The molecule has 8 heteroatoms. The molecule has 1 saturated heterocycles. The monoisotopic (exact) mass is 368 g/mol. The second-order valence-corrected chi connectivity index (χ2v) is 6.80. The minimum absolute atomic E-state index is 0.00907. The molecule has 3 atom stereocenters. The van der Waals surface area contributed by atoms with E-state index >= 15 is 0 Å². The average Bonchev–Trinajstić information content (AvgIpc) is 2.53. The van der Waals surface area contributed by atoms with Gasteiger partial charge in [0.1, 0.15) is 11.6 Å². The second-order valence-electron chi connectivity index (χ2n) is 6.80. The molecule has 2 amide bonds. The van der Waals surface area contributed by atoms with Crippen LogP contribution in [0.25, 0.3) is 0 Å². The number of benzene rings is 1. The lowest BCUT2D eigenvalue weighted by Gasteiger charge is -2.35. The first-order valence-electron chi connectivity index (χ1n) is 8.40. The van der Waals surface area contributed by atoms with Crippen LogP contribution in [0.3, 0.4) is 0 Å². The lowest BCUT2D eigenvalue weighted by atomic mass is 9.90. The number of carboxylic acid groups (broad SMARTS) is 1. The summed E-state index contributed by atoms with van der Waals surface area (Å²) in [6.07, 6.45) is 0.252. The zero-order chi connectivity index (χ0) is 19.4. The first kappa shape index (κ1) is 19.8. The van der Waals surface area contributed by atoms with E-state index in [0.717, 1.165) is 6.07 Å². The molecule has 0 aromatic heterocycles. The van der Waals surface area contributed by atoms with Crippen molar-refractivity contribution in [2.75, 3.05) is 13.1 Å². The standard InChI is InChI=1S/C18H22F2N2O4/c1-10-5-12(18(25)26)9-22(8-10)17(24)7-16(21-11(2)23)14-4-3-13(19)6-15(14)20/h3-4,6,10,12,16H,5,7-9H2,1-2H3,(H,21,23)(H,25,26). The van der Waals surface area contributed by atoms with Crippen LogP contribution in [-0.4, -0.2) is 40.9 Å². The molecule has 3 unspecified atom stereocenters. The van der Waals surface area contributed by atoms with Crippen molar-refractivity contribution in [3.05, 3.63) is 35.4 Å². The molecule has 1 heterocycles. The van der Waals surface area contributed by atoms with Crippen molar-refractivity contribution < 1.29 is 28.3 Å². The molecule has 2 rings (SSSR count). The molecule has 142 valence electrons. The van der Waals surface area contributed by atoms with Gasteiger partial charge in [-0.3, -0.25) is 14.4 Å². The number of amides is 2. The average molecular weight is 368 g/mol. The Kier molecular flexibility index (Phi) is 6.28. The number of rotatable bonds is 5. The van der Waals surface area contributed by atoms with Crippen LogP contribution in [0.15, 0.2) is 18.2 Å². The van der Waals surface area contributed by atoms with E-state index < -0.39 is 35.5 Å². The molecule has 2 N–H and O–H groups in total. The molecule has 0 spiro atoms. The molecule has 1 aromatic rings. The Hall–Kier alpha value is -2.51. The molecule has 1 aliphatic heterocycles. The number of carboxylic acids is 1. The van der Waals surface area contributed by atoms with Gasteiger partial charge >= 0.3 is 5.97 Å². The van der Waals surface area contributed by atoms with Crippen molar-refractivity contribution >= 4 is 17.8 Å². The highest BCUT2D eigenvalue weighted by molar-refractivity contribution is 5.80. The van der Waals surface area contributed by atoms with Gasteiger partial charge in [-0.05, 0) is 18.4 Å². The van der Waals surface area contributed by atoms with Gasteiger partial charge < -0.3 is 15.3 Å². The summed E-state index contributed by atoms with van der Waals surface area (Å²) in [7, 11) is 0. The SMILES string of the molecule is CC(=O)NC(CC(=O)N1CC(C)CC(C(=O)O)C1)c1ccc(F)cc1F. The number of halogens is 2. The van der Waals surface area contributed by atoms with Crippen LogP contribution in [0, 0.1) is 23.5 Å². The molecule has 0 bridgehead atoms. The highest BCUT2D eigenvalue weighted by Crippen LogP contribution is 2.26. The summed E-state index contributed by atoms with van der Waals surface area (Å²) in [4.78, 5) is 36.8. The van der Waals surface area contributed by atoms with Gasteiger partial charge in [-0.25, -0.2) is 8.78 Å². The molecule has 6 nitrogen and oxygen atoms in total. The van der Waals surface area contributed by atoms with Crippen LogP contribution in [0.2, 0.25) is 0 Å². The topological polar surface area (TPSA) is 86.7 Å². The fourth-order valence-corrected chi connectivity index (χ4v) is 3.31. The number of nitrogens with one attached hydrogen (secondary N) is 1.